The first-order valence-corrected chi connectivity index (χ1v) is 17.7. The zero-order valence-electron chi connectivity index (χ0n) is 23.3. The Morgan fingerprint density at radius 2 is 1.52 bits per heavy atom. The average Bonchev–Trinajstić information content (AvgIpc) is 3.07. The Bertz CT molecular complexity index is 760. The summed E-state index contributed by atoms with van der Waals surface area (Å²) in [6, 6.07) is -0.435. The molecule has 1 rings (SSSR count). The Balaban J connectivity index is 3.53. The molecular formula is C24H49N3O4Si2. The average molecular weight is 500 g/mol. The Hall–Kier alpha value is -1.17. The summed E-state index contributed by atoms with van der Waals surface area (Å²) in [6.45, 7) is 28.7. The molecule has 0 aromatic carbocycles. The largest absolute Gasteiger partial charge is 0.465 e. The summed E-state index contributed by atoms with van der Waals surface area (Å²) in [7, 11) is -4.29. The molecule has 0 spiro atoms. The standard InChI is InChI=1S/C24H49N3O4Si2/c1-22(2,3)27(21(28)29)19(16-26-15-14-25-18-26)20(31-33(12,13)24(7,8)9)17-30-32(10,11)23(4,5)6/h14-15,18-20H,16-17H2,1-13H3,(H,28,29)/t19?,20-/m1/s1. The van der Waals surface area contributed by atoms with Crippen molar-refractivity contribution in [3.8, 4) is 0 Å². The molecule has 2 atom stereocenters. The minimum Gasteiger partial charge on any atom is -0.465 e. The van der Waals surface area contributed by atoms with E-state index in [2.05, 4.69) is 72.7 Å². The lowest BCUT2D eigenvalue weighted by Crippen LogP contribution is -2.61. The Labute approximate surface area is 204 Å². The van der Waals surface area contributed by atoms with Crippen molar-refractivity contribution < 1.29 is 18.8 Å². The van der Waals surface area contributed by atoms with Gasteiger partial charge in [0.15, 0.2) is 16.6 Å². The molecule has 1 aromatic rings. The van der Waals surface area contributed by atoms with Crippen molar-refractivity contribution in [3.05, 3.63) is 18.7 Å². The number of aromatic nitrogens is 2. The molecule has 0 radical (unpaired) electrons. The van der Waals surface area contributed by atoms with Crippen LogP contribution in [0.2, 0.25) is 36.3 Å². The summed E-state index contributed by atoms with van der Waals surface area (Å²) in [5.41, 5.74) is -0.608. The van der Waals surface area contributed by atoms with Crippen molar-refractivity contribution in [2.45, 2.75) is 123 Å². The smallest absolute Gasteiger partial charge is 0.408 e. The van der Waals surface area contributed by atoms with Gasteiger partial charge in [0.1, 0.15) is 0 Å². The van der Waals surface area contributed by atoms with Crippen LogP contribution in [0.4, 0.5) is 4.79 Å². The molecule has 1 unspecified atom stereocenters. The van der Waals surface area contributed by atoms with Crippen molar-refractivity contribution in [3.63, 3.8) is 0 Å². The zero-order valence-corrected chi connectivity index (χ0v) is 25.3. The van der Waals surface area contributed by atoms with Gasteiger partial charge in [0.05, 0.1) is 25.1 Å². The van der Waals surface area contributed by atoms with Crippen LogP contribution in [0.25, 0.3) is 0 Å². The lowest BCUT2D eigenvalue weighted by molar-refractivity contribution is -0.0136. The number of hydrogen-bond acceptors (Lipinski definition) is 4. The van der Waals surface area contributed by atoms with Gasteiger partial charge in [-0.15, -0.1) is 0 Å². The number of carboxylic acid groups (broad SMARTS) is 1. The third kappa shape index (κ3) is 7.94. The lowest BCUT2D eigenvalue weighted by Gasteiger charge is -2.48. The van der Waals surface area contributed by atoms with Gasteiger partial charge in [-0.3, -0.25) is 4.90 Å². The van der Waals surface area contributed by atoms with Crippen LogP contribution in [0.1, 0.15) is 62.3 Å². The van der Waals surface area contributed by atoms with Gasteiger partial charge >= 0.3 is 6.09 Å². The number of hydrogen-bond donors (Lipinski definition) is 1. The van der Waals surface area contributed by atoms with Gasteiger partial charge in [-0.1, -0.05) is 41.5 Å². The Morgan fingerprint density at radius 3 is 1.88 bits per heavy atom. The number of imidazole rings is 1. The summed E-state index contributed by atoms with van der Waals surface area (Å²) >= 11 is 0. The third-order valence-corrected chi connectivity index (χ3v) is 16.3. The van der Waals surface area contributed by atoms with Crippen LogP contribution in [0, 0.1) is 0 Å². The zero-order chi connectivity index (χ0) is 26.0. The van der Waals surface area contributed by atoms with Gasteiger partial charge < -0.3 is 18.5 Å². The van der Waals surface area contributed by atoms with Crippen LogP contribution in [0.3, 0.4) is 0 Å². The summed E-state index contributed by atoms with van der Waals surface area (Å²) in [5, 5.41) is 10.3. The second-order valence-electron chi connectivity index (χ2n) is 13.1. The van der Waals surface area contributed by atoms with Gasteiger partial charge in [-0.05, 0) is 57.0 Å². The highest BCUT2D eigenvalue weighted by Crippen LogP contribution is 2.40. The molecule has 33 heavy (non-hydrogen) atoms. The molecule has 0 fully saturated rings. The van der Waals surface area contributed by atoms with E-state index in [9.17, 15) is 9.90 Å². The highest BCUT2D eigenvalue weighted by molar-refractivity contribution is 6.74. The van der Waals surface area contributed by atoms with Crippen molar-refractivity contribution >= 4 is 22.7 Å². The van der Waals surface area contributed by atoms with Gasteiger partial charge in [-0.25, -0.2) is 9.78 Å². The molecule has 1 aromatic heterocycles. The minimum atomic E-state index is -2.22. The second-order valence-corrected chi connectivity index (χ2v) is 22.7. The fourth-order valence-electron chi connectivity index (χ4n) is 3.19. The molecule has 1 amide bonds. The Morgan fingerprint density at radius 1 is 1.00 bits per heavy atom. The number of amides is 1. The van der Waals surface area contributed by atoms with Crippen molar-refractivity contribution in [2.24, 2.45) is 0 Å². The molecule has 0 bridgehead atoms. The third-order valence-electron chi connectivity index (χ3n) is 7.31. The van der Waals surface area contributed by atoms with E-state index in [1.165, 1.54) is 0 Å². The fourth-order valence-corrected chi connectivity index (χ4v) is 5.54. The first kappa shape index (κ1) is 29.9. The van der Waals surface area contributed by atoms with Crippen LogP contribution in [0.5, 0.6) is 0 Å². The second kappa shape index (κ2) is 10.2. The van der Waals surface area contributed by atoms with Crippen LogP contribution in [0.15, 0.2) is 18.7 Å². The summed E-state index contributed by atoms with van der Waals surface area (Å²) in [6.07, 6.45) is 3.96. The summed E-state index contributed by atoms with van der Waals surface area (Å²) in [5.74, 6) is 0. The molecule has 0 saturated heterocycles. The van der Waals surface area contributed by atoms with E-state index in [1.54, 1.807) is 17.4 Å². The monoisotopic (exact) mass is 499 g/mol. The van der Waals surface area contributed by atoms with Crippen LogP contribution in [-0.2, 0) is 15.4 Å². The normalized spacial score (nSPS) is 15.9. The van der Waals surface area contributed by atoms with E-state index in [1.807, 2.05) is 31.5 Å². The first-order valence-electron chi connectivity index (χ1n) is 11.9. The maximum absolute atomic E-state index is 12.6. The highest BCUT2D eigenvalue weighted by atomic mass is 28.4. The van der Waals surface area contributed by atoms with Crippen LogP contribution >= 0.6 is 0 Å². The van der Waals surface area contributed by atoms with E-state index in [4.69, 9.17) is 8.85 Å². The lowest BCUT2D eigenvalue weighted by atomic mass is 10.0. The highest BCUT2D eigenvalue weighted by Gasteiger charge is 2.46. The molecule has 0 aliphatic heterocycles. The fraction of sp³-hybridized carbons (Fsp3) is 0.833. The van der Waals surface area contributed by atoms with Crippen LogP contribution in [-0.4, -0.2) is 66.6 Å². The van der Waals surface area contributed by atoms with E-state index in [0.29, 0.717) is 13.2 Å². The Kier molecular flexibility index (Phi) is 9.24. The molecule has 1 heterocycles. The molecule has 0 aliphatic carbocycles. The van der Waals surface area contributed by atoms with E-state index >= 15 is 0 Å². The topological polar surface area (TPSA) is 76.8 Å². The van der Waals surface area contributed by atoms with Crippen molar-refractivity contribution in [1.82, 2.24) is 14.5 Å². The number of nitrogens with zero attached hydrogens (tertiary/aromatic N) is 3. The quantitative estimate of drug-likeness (QED) is 0.395. The van der Waals surface area contributed by atoms with Crippen molar-refractivity contribution in [2.75, 3.05) is 6.61 Å². The maximum atomic E-state index is 12.6. The van der Waals surface area contributed by atoms with Gasteiger partial charge in [0.2, 0.25) is 0 Å². The molecule has 192 valence electrons. The molecule has 0 saturated carbocycles. The van der Waals surface area contributed by atoms with E-state index in [0.717, 1.165) is 0 Å². The van der Waals surface area contributed by atoms with E-state index in [-0.39, 0.29) is 10.1 Å². The molecular weight excluding hydrogens is 450 g/mol. The van der Waals surface area contributed by atoms with Gasteiger partial charge in [0.25, 0.3) is 0 Å². The predicted molar refractivity (Wildman–Crippen MR) is 141 cm³/mol. The molecule has 9 heteroatoms. The molecule has 7 nitrogen and oxygen atoms in total. The SMILES string of the molecule is CC(C)(C)N(C(=O)O)C(Cn1ccnc1)[C@@H](CO[Si](C)(C)C(C)(C)C)O[Si](C)(C)C(C)(C)C. The number of carbonyl (C=O) groups is 1. The van der Waals surface area contributed by atoms with Crippen LogP contribution < -0.4 is 0 Å². The van der Waals surface area contributed by atoms with E-state index < -0.39 is 40.4 Å². The number of rotatable bonds is 9. The minimum absolute atomic E-state index is 0.0163. The first-order chi connectivity index (χ1) is 14.6. The predicted octanol–water partition coefficient (Wildman–Crippen LogP) is 6.44. The van der Waals surface area contributed by atoms with Gasteiger partial charge in [0, 0.05) is 24.5 Å². The van der Waals surface area contributed by atoms with Crippen molar-refractivity contribution in [1.29, 1.82) is 0 Å². The summed E-state index contributed by atoms with van der Waals surface area (Å²) in [4.78, 5) is 18.3. The molecule has 1 N–H and O–H groups in total. The van der Waals surface area contributed by atoms with Gasteiger partial charge in [-0.2, -0.15) is 0 Å². The maximum Gasteiger partial charge on any atom is 0.408 e. The summed E-state index contributed by atoms with van der Waals surface area (Å²) < 4.78 is 15.5. The molecule has 0 aliphatic rings.